The van der Waals surface area contributed by atoms with E-state index in [0.717, 1.165) is 18.1 Å². The molecule has 0 aliphatic carbocycles. The fraction of sp³-hybridized carbons (Fsp3) is 0.667. The lowest BCUT2D eigenvalue weighted by molar-refractivity contribution is -0.139. The van der Waals surface area contributed by atoms with Gasteiger partial charge in [-0.15, -0.1) is 0 Å². The molecular weight excluding hydrogens is 240 g/mol. The largest absolute Gasteiger partial charge is 0.464 e. The van der Waals surface area contributed by atoms with Crippen LogP contribution < -0.4 is 5.32 Å². The van der Waals surface area contributed by atoms with Crippen LogP contribution in [-0.2, 0) is 11.3 Å². The number of rotatable bonds is 6. The van der Waals surface area contributed by atoms with Crippen molar-refractivity contribution in [1.29, 1.82) is 0 Å². The van der Waals surface area contributed by atoms with Crippen LogP contribution in [0.1, 0.15) is 46.1 Å². The highest BCUT2D eigenvalue weighted by atomic mass is 16.3. The highest BCUT2D eigenvalue weighted by Crippen LogP contribution is 2.16. The van der Waals surface area contributed by atoms with Crippen LogP contribution in [0.4, 0.5) is 0 Å². The van der Waals surface area contributed by atoms with Gasteiger partial charge in [-0.25, -0.2) is 0 Å². The second-order valence-electron chi connectivity index (χ2n) is 5.69. The molecule has 0 aliphatic heterocycles. The highest BCUT2D eigenvalue weighted by molar-refractivity contribution is 5.85. The number of nitrogens with one attached hydrogen (secondary N) is 1. The molecule has 0 bridgehead atoms. The standard InChI is InChI=1S/C15H26N2O2/c1-7-16-15(5,6)14(18)17(11(2)3)10-13-9-8-12(4)19-13/h8-9,11,16H,7,10H2,1-6H3. The first-order valence-corrected chi connectivity index (χ1v) is 6.89. The van der Waals surface area contributed by atoms with Crippen molar-refractivity contribution >= 4 is 5.91 Å². The Kier molecular flexibility index (Phi) is 5.18. The predicted molar refractivity (Wildman–Crippen MR) is 76.9 cm³/mol. The van der Waals surface area contributed by atoms with E-state index in [1.54, 1.807) is 0 Å². The second kappa shape index (κ2) is 6.24. The zero-order valence-corrected chi connectivity index (χ0v) is 12.9. The van der Waals surface area contributed by atoms with Gasteiger partial charge in [-0.2, -0.15) is 0 Å². The number of furan rings is 1. The van der Waals surface area contributed by atoms with Gasteiger partial charge in [0.25, 0.3) is 0 Å². The average molecular weight is 266 g/mol. The minimum atomic E-state index is -0.555. The smallest absolute Gasteiger partial charge is 0.242 e. The fourth-order valence-corrected chi connectivity index (χ4v) is 2.10. The van der Waals surface area contributed by atoms with Crippen LogP contribution >= 0.6 is 0 Å². The molecule has 0 unspecified atom stereocenters. The van der Waals surface area contributed by atoms with Gasteiger partial charge in [0.15, 0.2) is 0 Å². The summed E-state index contributed by atoms with van der Waals surface area (Å²) in [6.07, 6.45) is 0. The van der Waals surface area contributed by atoms with Crippen LogP contribution in [0.5, 0.6) is 0 Å². The lowest BCUT2D eigenvalue weighted by atomic mass is 10.0. The number of carbonyl (C=O) groups excluding carboxylic acids is 1. The van der Waals surface area contributed by atoms with Crippen molar-refractivity contribution in [2.24, 2.45) is 0 Å². The van der Waals surface area contributed by atoms with Crippen molar-refractivity contribution < 1.29 is 9.21 Å². The predicted octanol–water partition coefficient (Wildman–Crippen LogP) is 2.71. The number of hydrogen-bond donors (Lipinski definition) is 1. The molecule has 0 saturated heterocycles. The van der Waals surface area contributed by atoms with E-state index in [1.807, 2.05) is 58.6 Å². The van der Waals surface area contributed by atoms with Gasteiger partial charge >= 0.3 is 0 Å². The minimum Gasteiger partial charge on any atom is -0.464 e. The number of aryl methyl sites for hydroxylation is 1. The van der Waals surface area contributed by atoms with Crippen LogP contribution in [0.2, 0.25) is 0 Å². The number of hydrogen-bond acceptors (Lipinski definition) is 3. The van der Waals surface area contributed by atoms with E-state index in [9.17, 15) is 4.79 Å². The minimum absolute atomic E-state index is 0.0957. The van der Waals surface area contributed by atoms with Crippen molar-refractivity contribution in [3.8, 4) is 0 Å². The van der Waals surface area contributed by atoms with E-state index in [0.29, 0.717) is 6.54 Å². The van der Waals surface area contributed by atoms with E-state index in [1.165, 1.54) is 0 Å². The van der Waals surface area contributed by atoms with E-state index < -0.39 is 5.54 Å². The normalized spacial score (nSPS) is 11.9. The van der Waals surface area contributed by atoms with Crippen molar-refractivity contribution in [1.82, 2.24) is 10.2 Å². The first-order valence-electron chi connectivity index (χ1n) is 6.89. The maximum Gasteiger partial charge on any atom is 0.242 e. The van der Waals surface area contributed by atoms with E-state index in [-0.39, 0.29) is 11.9 Å². The van der Waals surface area contributed by atoms with Gasteiger partial charge in [0, 0.05) is 6.04 Å². The van der Waals surface area contributed by atoms with Crippen LogP contribution in [0, 0.1) is 6.92 Å². The van der Waals surface area contributed by atoms with E-state index in [4.69, 9.17) is 4.42 Å². The van der Waals surface area contributed by atoms with Crippen molar-refractivity contribution in [3.63, 3.8) is 0 Å². The topological polar surface area (TPSA) is 45.5 Å². The van der Waals surface area contributed by atoms with Gasteiger partial charge in [0.1, 0.15) is 11.5 Å². The third-order valence-corrected chi connectivity index (χ3v) is 3.16. The molecule has 1 amide bonds. The van der Waals surface area contributed by atoms with Crippen LogP contribution in [0.3, 0.4) is 0 Å². The third-order valence-electron chi connectivity index (χ3n) is 3.16. The Hall–Kier alpha value is -1.29. The molecule has 1 aromatic rings. The van der Waals surface area contributed by atoms with Gasteiger partial charge in [0.05, 0.1) is 12.1 Å². The molecule has 0 atom stereocenters. The zero-order chi connectivity index (χ0) is 14.6. The number of amides is 1. The maximum atomic E-state index is 12.6. The Balaban J connectivity index is 2.86. The molecule has 4 nitrogen and oxygen atoms in total. The summed E-state index contributed by atoms with van der Waals surface area (Å²) in [6.45, 7) is 13.1. The van der Waals surface area contributed by atoms with E-state index >= 15 is 0 Å². The molecule has 19 heavy (non-hydrogen) atoms. The molecule has 1 N–H and O–H groups in total. The summed E-state index contributed by atoms with van der Waals surface area (Å²) in [7, 11) is 0. The van der Waals surface area contributed by atoms with E-state index in [2.05, 4.69) is 5.32 Å². The molecule has 0 saturated carbocycles. The first-order chi connectivity index (χ1) is 8.77. The summed E-state index contributed by atoms with van der Waals surface area (Å²) in [5.41, 5.74) is -0.555. The quantitative estimate of drug-likeness (QED) is 0.861. The summed E-state index contributed by atoms with van der Waals surface area (Å²) in [5.74, 6) is 1.79. The molecule has 0 radical (unpaired) electrons. The molecule has 108 valence electrons. The van der Waals surface area contributed by atoms with Gasteiger partial charge < -0.3 is 14.6 Å². The number of carbonyl (C=O) groups is 1. The van der Waals surface area contributed by atoms with Crippen molar-refractivity contribution in [2.45, 2.75) is 59.7 Å². The van der Waals surface area contributed by atoms with Crippen LogP contribution in [-0.4, -0.2) is 28.9 Å². The lowest BCUT2D eigenvalue weighted by Gasteiger charge is -2.34. The average Bonchev–Trinajstić information content (AvgIpc) is 2.70. The lowest BCUT2D eigenvalue weighted by Crippen LogP contribution is -2.55. The molecular formula is C15H26N2O2. The zero-order valence-electron chi connectivity index (χ0n) is 12.9. The Labute approximate surface area is 116 Å². The Morgan fingerprint density at radius 2 is 2.05 bits per heavy atom. The molecule has 0 aromatic carbocycles. The maximum absolute atomic E-state index is 12.6. The summed E-state index contributed by atoms with van der Waals surface area (Å²) < 4.78 is 5.57. The molecule has 1 aromatic heterocycles. The Bertz CT molecular complexity index is 422. The monoisotopic (exact) mass is 266 g/mol. The van der Waals surface area contributed by atoms with Crippen molar-refractivity contribution in [2.75, 3.05) is 6.54 Å². The van der Waals surface area contributed by atoms with Crippen molar-refractivity contribution in [3.05, 3.63) is 23.7 Å². The Morgan fingerprint density at radius 3 is 2.47 bits per heavy atom. The van der Waals surface area contributed by atoms with Gasteiger partial charge in [-0.3, -0.25) is 4.79 Å². The number of nitrogens with zero attached hydrogens (tertiary/aromatic N) is 1. The fourth-order valence-electron chi connectivity index (χ4n) is 2.10. The molecule has 0 fully saturated rings. The SMILES string of the molecule is CCNC(C)(C)C(=O)N(Cc1ccc(C)o1)C(C)C. The summed E-state index contributed by atoms with van der Waals surface area (Å²) in [6, 6.07) is 3.99. The van der Waals surface area contributed by atoms with Gasteiger partial charge in [-0.1, -0.05) is 6.92 Å². The Morgan fingerprint density at radius 1 is 1.42 bits per heavy atom. The molecule has 1 rings (SSSR count). The van der Waals surface area contributed by atoms with Gasteiger partial charge in [0.2, 0.25) is 5.91 Å². The number of likely N-dealkylation sites (N-methyl/N-ethyl adjacent to an activating group) is 1. The van der Waals surface area contributed by atoms with Crippen LogP contribution in [0.15, 0.2) is 16.5 Å². The second-order valence-corrected chi connectivity index (χ2v) is 5.69. The van der Waals surface area contributed by atoms with Crippen LogP contribution in [0.25, 0.3) is 0 Å². The molecule has 0 spiro atoms. The highest BCUT2D eigenvalue weighted by Gasteiger charge is 2.32. The summed E-state index contributed by atoms with van der Waals surface area (Å²) >= 11 is 0. The summed E-state index contributed by atoms with van der Waals surface area (Å²) in [5, 5.41) is 3.23. The summed E-state index contributed by atoms with van der Waals surface area (Å²) in [4.78, 5) is 14.5. The first kappa shape index (κ1) is 15.8. The molecule has 0 aliphatic rings. The third kappa shape index (κ3) is 4.10. The van der Waals surface area contributed by atoms with Gasteiger partial charge in [-0.05, 0) is 53.3 Å². The molecule has 4 heteroatoms. The molecule has 1 heterocycles.